The summed E-state index contributed by atoms with van der Waals surface area (Å²) in [4.78, 5) is 11.9. The summed E-state index contributed by atoms with van der Waals surface area (Å²) in [5.41, 5.74) is 4.08. The molecule has 0 fully saturated rings. The van der Waals surface area contributed by atoms with Gasteiger partial charge in [0.05, 0.1) is 6.57 Å². The second-order valence-electron chi connectivity index (χ2n) is 6.94. The molecule has 0 bridgehead atoms. The van der Waals surface area contributed by atoms with Crippen LogP contribution < -0.4 is 10.1 Å². The zero-order chi connectivity index (χ0) is 21.6. The van der Waals surface area contributed by atoms with Crippen LogP contribution in [0.5, 0.6) is 5.75 Å². The molecule has 0 radical (unpaired) electrons. The lowest BCUT2D eigenvalue weighted by Gasteiger charge is -2.16. The molecule has 6 heteroatoms. The molecule has 0 saturated carbocycles. The Kier molecular flexibility index (Phi) is 5.86. The fraction of sp³-hybridized carbons (Fsp3) is 0.0800. The quantitative estimate of drug-likeness (QED) is 0.370. The van der Waals surface area contributed by atoms with Crippen molar-refractivity contribution in [1.29, 1.82) is 0 Å². The first-order valence-corrected chi connectivity index (χ1v) is 9.67. The van der Waals surface area contributed by atoms with Gasteiger partial charge < -0.3 is 10.1 Å². The number of halogens is 1. The van der Waals surface area contributed by atoms with E-state index in [-0.39, 0.29) is 5.69 Å². The Morgan fingerprint density at radius 2 is 1.77 bits per heavy atom. The standard InChI is InChI=1S/C25H19FN4O/c1-17-8-10-19(11-9-17)23-24(31-15-18-6-4-3-5-7-18)25(29-16-28-23)30-20-12-13-22(27-2)21(26)14-20/h3-14,16H,15H2,1H3,(H,28,29,30). The fourth-order valence-electron chi connectivity index (χ4n) is 3.06. The topological polar surface area (TPSA) is 51.4 Å². The van der Waals surface area contributed by atoms with E-state index in [1.165, 1.54) is 18.5 Å². The number of hydrogen-bond acceptors (Lipinski definition) is 4. The third-order valence-corrected chi connectivity index (χ3v) is 4.69. The van der Waals surface area contributed by atoms with Crippen LogP contribution in [-0.4, -0.2) is 9.97 Å². The summed E-state index contributed by atoms with van der Waals surface area (Å²) in [5, 5.41) is 3.10. The lowest BCUT2D eigenvalue weighted by molar-refractivity contribution is 0.307. The summed E-state index contributed by atoms with van der Waals surface area (Å²) in [5.74, 6) is 0.279. The van der Waals surface area contributed by atoms with E-state index in [0.29, 0.717) is 29.6 Å². The van der Waals surface area contributed by atoms with Crippen LogP contribution in [0.1, 0.15) is 11.1 Å². The first-order chi connectivity index (χ1) is 15.1. The van der Waals surface area contributed by atoms with Gasteiger partial charge in [-0.3, -0.25) is 0 Å². The average Bonchev–Trinajstić information content (AvgIpc) is 2.79. The second-order valence-corrected chi connectivity index (χ2v) is 6.94. The van der Waals surface area contributed by atoms with Crippen molar-refractivity contribution in [2.75, 3.05) is 5.32 Å². The summed E-state index contributed by atoms with van der Waals surface area (Å²) in [6.45, 7) is 9.35. The highest BCUT2D eigenvalue weighted by atomic mass is 19.1. The van der Waals surface area contributed by atoms with Crippen molar-refractivity contribution in [2.45, 2.75) is 13.5 Å². The highest BCUT2D eigenvalue weighted by Gasteiger charge is 2.16. The van der Waals surface area contributed by atoms with Gasteiger partial charge in [-0.15, -0.1) is 0 Å². The third kappa shape index (κ3) is 4.68. The molecule has 0 aliphatic rings. The number of nitrogens with zero attached hydrogens (tertiary/aromatic N) is 3. The normalized spacial score (nSPS) is 10.4. The van der Waals surface area contributed by atoms with Gasteiger partial charge in [0.2, 0.25) is 5.69 Å². The van der Waals surface area contributed by atoms with Crippen LogP contribution in [0.25, 0.3) is 16.1 Å². The number of hydrogen-bond donors (Lipinski definition) is 1. The van der Waals surface area contributed by atoms with E-state index in [1.807, 2.05) is 61.5 Å². The molecular weight excluding hydrogens is 391 g/mol. The molecule has 0 aliphatic carbocycles. The Hall–Kier alpha value is -4.24. The molecule has 1 heterocycles. The van der Waals surface area contributed by atoms with Crippen molar-refractivity contribution in [1.82, 2.24) is 9.97 Å². The predicted octanol–water partition coefficient (Wildman–Crippen LogP) is 6.46. The maximum absolute atomic E-state index is 14.1. The molecule has 0 unspecified atom stereocenters. The van der Waals surface area contributed by atoms with Crippen molar-refractivity contribution in [3.63, 3.8) is 0 Å². The molecule has 0 saturated heterocycles. The summed E-state index contributed by atoms with van der Waals surface area (Å²) in [6, 6.07) is 22.1. The summed E-state index contributed by atoms with van der Waals surface area (Å²) >= 11 is 0. The van der Waals surface area contributed by atoms with Crippen LogP contribution in [0.15, 0.2) is 79.1 Å². The van der Waals surface area contributed by atoms with Crippen LogP contribution in [0.2, 0.25) is 0 Å². The molecule has 1 aromatic heterocycles. The van der Waals surface area contributed by atoms with E-state index < -0.39 is 5.82 Å². The molecule has 0 spiro atoms. The number of aryl methyl sites for hydroxylation is 1. The Labute approximate surface area is 180 Å². The summed E-state index contributed by atoms with van der Waals surface area (Å²) in [6.07, 6.45) is 1.44. The number of anilines is 2. The lowest BCUT2D eigenvalue weighted by Crippen LogP contribution is -2.04. The van der Waals surface area contributed by atoms with Gasteiger partial charge in [-0.1, -0.05) is 66.2 Å². The van der Waals surface area contributed by atoms with E-state index in [9.17, 15) is 4.39 Å². The molecule has 3 aromatic carbocycles. The number of nitrogens with one attached hydrogen (secondary N) is 1. The molecule has 152 valence electrons. The lowest BCUT2D eigenvalue weighted by atomic mass is 10.1. The zero-order valence-corrected chi connectivity index (χ0v) is 16.8. The first kappa shape index (κ1) is 20.0. The highest BCUT2D eigenvalue weighted by molar-refractivity contribution is 5.75. The van der Waals surface area contributed by atoms with E-state index in [1.54, 1.807) is 6.07 Å². The fourth-order valence-corrected chi connectivity index (χ4v) is 3.06. The third-order valence-electron chi connectivity index (χ3n) is 4.69. The smallest absolute Gasteiger partial charge is 0.222 e. The van der Waals surface area contributed by atoms with Crippen LogP contribution in [-0.2, 0) is 6.61 Å². The van der Waals surface area contributed by atoms with E-state index in [2.05, 4.69) is 20.1 Å². The van der Waals surface area contributed by atoms with Crippen molar-refractivity contribution in [3.05, 3.63) is 107 Å². The number of ether oxygens (including phenoxy) is 1. The van der Waals surface area contributed by atoms with Crippen molar-refractivity contribution in [2.24, 2.45) is 0 Å². The van der Waals surface area contributed by atoms with Gasteiger partial charge in [0.25, 0.3) is 0 Å². The molecule has 1 N–H and O–H groups in total. The molecule has 0 atom stereocenters. The van der Waals surface area contributed by atoms with Crippen molar-refractivity contribution in [3.8, 4) is 17.0 Å². The molecule has 31 heavy (non-hydrogen) atoms. The minimum Gasteiger partial charge on any atom is -0.483 e. The van der Waals surface area contributed by atoms with Gasteiger partial charge >= 0.3 is 0 Å². The molecule has 4 rings (SSSR count). The predicted molar refractivity (Wildman–Crippen MR) is 119 cm³/mol. The van der Waals surface area contributed by atoms with Crippen LogP contribution in [0.4, 0.5) is 21.6 Å². The second kappa shape index (κ2) is 9.06. The Bertz CT molecular complexity index is 1230. The van der Waals surface area contributed by atoms with Crippen molar-refractivity contribution >= 4 is 17.2 Å². The summed E-state index contributed by atoms with van der Waals surface area (Å²) < 4.78 is 20.2. The van der Waals surface area contributed by atoms with E-state index in [4.69, 9.17) is 11.3 Å². The van der Waals surface area contributed by atoms with Gasteiger partial charge in [0, 0.05) is 11.3 Å². The number of rotatable bonds is 6. The molecule has 5 nitrogen and oxygen atoms in total. The Morgan fingerprint density at radius 1 is 1.00 bits per heavy atom. The van der Waals surface area contributed by atoms with Gasteiger partial charge in [0.15, 0.2) is 11.6 Å². The number of aromatic nitrogens is 2. The van der Waals surface area contributed by atoms with Gasteiger partial charge in [-0.2, -0.15) is 0 Å². The van der Waals surface area contributed by atoms with Crippen molar-refractivity contribution < 1.29 is 9.13 Å². The maximum Gasteiger partial charge on any atom is 0.222 e. The van der Waals surface area contributed by atoms with Crippen LogP contribution >= 0.6 is 0 Å². The largest absolute Gasteiger partial charge is 0.483 e. The zero-order valence-electron chi connectivity index (χ0n) is 16.8. The maximum atomic E-state index is 14.1. The molecule has 0 aliphatic heterocycles. The Morgan fingerprint density at radius 3 is 2.48 bits per heavy atom. The van der Waals surface area contributed by atoms with Gasteiger partial charge in [-0.05, 0) is 24.6 Å². The van der Waals surface area contributed by atoms with Crippen LogP contribution in [0.3, 0.4) is 0 Å². The first-order valence-electron chi connectivity index (χ1n) is 9.67. The molecule has 0 amide bonds. The van der Waals surface area contributed by atoms with Gasteiger partial charge in [0.1, 0.15) is 24.4 Å². The minimum absolute atomic E-state index is 0.0332. The number of benzene rings is 3. The minimum atomic E-state index is -0.598. The van der Waals surface area contributed by atoms with E-state index in [0.717, 1.165) is 16.7 Å². The van der Waals surface area contributed by atoms with E-state index >= 15 is 0 Å². The highest BCUT2D eigenvalue weighted by Crippen LogP contribution is 2.36. The SMILES string of the molecule is [C-]#[N+]c1ccc(Nc2ncnc(-c3ccc(C)cc3)c2OCc2ccccc2)cc1F. The molecular formula is C25H19FN4O. The van der Waals surface area contributed by atoms with Crippen LogP contribution in [0, 0.1) is 19.3 Å². The average molecular weight is 410 g/mol. The Balaban J connectivity index is 1.72. The van der Waals surface area contributed by atoms with Gasteiger partial charge in [-0.25, -0.2) is 19.2 Å². The monoisotopic (exact) mass is 410 g/mol. The summed E-state index contributed by atoms with van der Waals surface area (Å²) in [7, 11) is 0. The molecule has 4 aromatic rings.